The maximum atomic E-state index is 12.3. The number of benzene rings is 1. The number of thioether (sulfide) groups is 1. The van der Waals surface area contributed by atoms with Crippen LogP contribution in [0.4, 0.5) is 4.79 Å². The van der Waals surface area contributed by atoms with Crippen LogP contribution in [0, 0.1) is 13.8 Å². The molecule has 3 rings (SSSR count). The summed E-state index contributed by atoms with van der Waals surface area (Å²) in [5.74, 6) is 0.997. The van der Waals surface area contributed by atoms with E-state index in [2.05, 4.69) is 24.1 Å². The third kappa shape index (κ3) is 5.46. The Bertz CT molecular complexity index is 701. The number of aromatic nitrogens is 1. The molecule has 26 heavy (non-hydrogen) atoms. The van der Waals surface area contributed by atoms with Gasteiger partial charge >= 0.3 is 6.09 Å². The predicted octanol–water partition coefficient (Wildman–Crippen LogP) is 3.85. The summed E-state index contributed by atoms with van der Waals surface area (Å²) in [5, 5.41) is 3.50. The van der Waals surface area contributed by atoms with E-state index in [0.29, 0.717) is 25.7 Å². The minimum absolute atomic E-state index is 0.223. The highest BCUT2D eigenvalue weighted by Gasteiger charge is 2.24. The lowest BCUT2D eigenvalue weighted by molar-refractivity contribution is 0.0847. The number of hydrogen-bond acceptors (Lipinski definition) is 6. The molecule has 5 nitrogen and oxygen atoms in total. The lowest BCUT2D eigenvalue weighted by Crippen LogP contribution is -2.52. The highest BCUT2D eigenvalue weighted by molar-refractivity contribution is 8.01. The number of ether oxygens (including phenoxy) is 1. The molecule has 0 radical (unpaired) electrons. The van der Waals surface area contributed by atoms with E-state index in [-0.39, 0.29) is 6.09 Å². The van der Waals surface area contributed by atoms with Crippen molar-refractivity contribution in [3.63, 3.8) is 0 Å². The molecular weight excluding hydrogens is 366 g/mol. The molecule has 140 valence electrons. The summed E-state index contributed by atoms with van der Waals surface area (Å²) in [6.07, 6.45) is 0.782. The van der Waals surface area contributed by atoms with Crippen LogP contribution < -0.4 is 5.32 Å². The van der Waals surface area contributed by atoms with E-state index in [0.717, 1.165) is 34.3 Å². The van der Waals surface area contributed by atoms with Crippen LogP contribution in [0.1, 0.15) is 22.6 Å². The maximum absolute atomic E-state index is 12.3. The molecule has 0 spiro atoms. The number of carbonyl (C=O) groups excluding carboxylic acids is 1. The largest absolute Gasteiger partial charge is 0.445 e. The van der Waals surface area contributed by atoms with Gasteiger partial charge in [0.25, 0.3) is 0 Å². The van der Waals surface area contributed by atoms with E-state index in [1.165, 1.54) is 4.88 Å². The number of aryl methyl sites for hydroxylation is 2. The molecule has 7 heteroatoms. The summed E-state index contributed by atoms with van der Waals surface area (Å²) in [6, 6.07) is 10.1. The molecule has 0 unspecified atom stereocenters. The van der Waals surface area contributed by atoms with Gasteiger partial charge in [-0.05, 0) is 25.8 Å². The zero-order valence-corrected chi connectivity index (χ0v) is 16.9. The summed E-state index contributed by atoms with van der Waals surface area (Å²) in [7, 11) is 0. The second-order valence-electron chi connectivity index (χ2n) is 6.40. The van der Waals surface area contributed by atoms with Gasteiger partial charge in [-0.2, -0.15) is 0 Å². The van der Waals surface area contributed by atoms with Crippen LogP contribution in [0.3, 0.4) is 0 Å². The van der Waals surface area contributed by atoms with Gasteiger partial charge in [-0.1, -0.05) is 42.1 Å². The molecule has 0 bridgehead atoms. The quantitative estimate of drug-likeness (QED) is 0.758. The van der Waals surface area contributed by atoms with Gasteiger partial charge in [0.15, 0.2) is 0 Å². The van der Waals surface area contributed by atoms with Crippen LogP contribution >= 0.6 is 23.1 Å². The SMILES string of the molecule is Cc1nc(SCC[C@@H]2CN(C(=O)OCc3ccccc3)CCN2)sc1C. The lowest BCUT2D eigenvalue weighted by Gasteiger charge is -2.33. The Morgan fingerprint density at radius 3 is 2.92 bits per heavy atom. The van der Waals surface area contributed by atoms with E-state index in [4.69, 9.17) is 4.74 Å². The molecule has 1 amide bonds. The molecule has 1 fully saturated rings. The minimum Gasteiger partial charge on any atom is -0.445 e. The zero-order chi connectivity index (χ0) is 18.4. The molecule has 0 saturated carbocycles. The average Bonchev–Trinajstić information content (AvgIpc) is 2.98. The van der Waals surface area contributed by atoms with E-state index in [9.17, 15) is 4.79 Å². The molecule has 1 N–H and O–H groups in total. The first-order chi connectivity index (χ1) is 12.6. The van der Waals surface area contributed by atoms with Crippen molar-refractivity contribution in [3.8, 4) is 0 Å². The first-order valence-electron chi connectivity index (χ1n) is 8.87. The van der Waals surface area contributed by atoms with Gasteiger partial charge in [0.2, 0.25) is 0 Å². The Kier molecular flexibility index (Phi) is 6.93. The van der Waals surface area contributed by atoms with Crippen LogP contribution in [0.2, 0.25) is 0 Å². The second kappa shape index (κ2) is 9.39. The molecule has 1 aromatic carbocycles. The number of nitrogens with zero attached hydrogens (tertiary/aromatic N) is 2. The molecule has 1 aromatic heterocycles. The summed E-state index contributed by atoms with van der Waals surface area (Å²) in [5.41, 5.74) is 2.14. The van der Waals surface area contributed by atoms with E-state index >= 15 is 0 Å². The summed E-state index contributed by atoms with van der Waals surface area (Å²) in [6.45, 7) is 6.69. The van der Waals surface area contributed by atoms with E-state index in [1.54, 1.807) is 23.1 Å². The van der Waals surface area contributed by atoms with Crippen molar-refractivity contribution >= 4 is 29.2 Å². The number of piperazine rings is 1. The Hall–Kier alpha value is -1.57. The molecule has 2 heterocycles. The van der Waals surface area contributed by atoms with E-state index < -0.39 is 0 Å². The van der Waals surface area contributed by atoms with Gasteiger partial charge in [0.05, 0.1) is 5.69 Å². The van der Waals surface area contributed by atoms with Gasteiger partial charge in [-0.25, -0.2) is 9.78 Å². The lowest BCUT2D eigenvalue weighted by atomic mass is 10.2. The molecule has 1 aliphatic rings. The molecule has 1 aliphatic heterocycles. The number of thiazole rings is 1. The van der Waals surface area contributed by atoms with Crippen molar-refractivity contribution in [3.05, 3.63) is 46.5 Å². The molecule has 1 atom stereocenters. The fourth-order valence-electron chi connectivity index (χ4n) is 2.79. The Morgan fingerprint density at radius 1 is 1.38 bits per heavy atom. The minimum atomic E-state index is -0.223. The van der Waals surface area contributed by atoms with Crippen LogP contribution in [-0.4, -0.2) is 47.4 Å². The van der Waals surface area contributed by atoms with Crippen molar-refractivity contribution in [1.82, 2.24) is 15.2 Å². The predicted molar refractivity (Wildman–Crippen MR) is 107 cm³/mol. The fourth-order valence-corrected chi connectivity index (χ4v) is 5.07. The third-order valence-electron chi connectivity index (χ3n) is 4.42. The highest BCUT2D eigenvalue weighted by atomic mass is 32.2. The number of carbonyl (C=O) groups is 1. The van der Waals surface area contributed by atoms with Gasteiger partial charge in [0.1, 0.15) is 10.9 Å². The Balaban J connectivity index is 1.41. The average molecular weight is 392 g/mol. The number of amides is 1. The molecule has 1 saturated heterocycles. The molecule has 0 aliphatic carbocycles. The Labute approximate surface area is 163 Å². The standard InChI is InChI=1S/C19H25N3O2S2/c1-14-15(2)26-18(21-14)25-11-8-17-12-22(10-9-20-17)19(23)24-13-16-6-4-3-5-7-16/h3-7,17,20H,8-13H2,1-2H3/t17-/m1/s1. The van der Waals surface area contributed by atoms with Crippen molar-refractivity contribution in [2.75, 3.05) is 25.4 Å². The van der Waals surface area contributed by atoms with Crippen molar-refractivity contribution < 1.29 is 9.53 Å². The van der Waals surface area contributed by atoms with Crippen molar-refractivity contribution in [2.24, 2.45) is 0 Å². The highest BCUT2D eigenvalue weighted by Crippen LogP contribution is 2.27. The zero-order valence-electron chi connectivity index (χ0n) is 15.2. The number of nitrogens with one attached hydrogen (secondary N) is 1. The van der Waals surface area contributed by atoms with Crippen LogP contribution in [0.15, 0.2) is 34.7 Å². The smallest absolute Gasteiger partial charge is 0.410 e. The van der Waals surface area contributed by atoms with Crippen LogP contribution in [0.5, 0.6) is 0 Å². The van der Waals surface area contributed by atoms with Crippen molar-refractivity contribution in [2.45, 2.75) is 37.3 Å². The maximum Gasteiger partial charge on any atom is 0.410 e. The summed E-state index contributed by atoms with van der Waals surface area (Å²) >= 11 is 3.56. The van der Waals surface area contributed by atoms with Gasteiger partial charge in [-0.15, -0.1) is 11.3 Å². The first-order valence-corrected chi connectivity index (χ1v) is 10.7. The van der Waals surface area contributed by atoms with Gasteiger partial charge in [0, 0.05) is 36.3 Å². The topological polar surface area (TPSA) is 54.5 Å². The number of hydrogen-bond donors (Lipinski definition) is 1. The van der Waals surface area contributed by atoms with Gasteiger partial charge in [-0.3, -0.25) is 0 Å². The first kappa shape index (κ1) is 19.2. The molecular formula is C19H25N3O2S2. The normalized spacial score (nSPS) is 17.3. The Morgan fingerprint density at radius 2 is 2.19 bits per heavy atom. The van der Waals surface area contributed by atoms with Crippen molar-refractivity contribution in [1.29, 1.82) is 0 Å². The third-order valence-corrected chi connectivity index (χ3v) is 6.67. The number of rotatable bonds is 6. The summed E-state index contributed by atoms with van der Waals surface area (Å²) in [4.78, 5) is 20.0. The fraction of sp³-hybridized carbons (Fsp3) is 0.474. The summed E-state index contributed by atoms with van der Waals surface area (Å²) < 4.78 is 6.59. The monoisotopic (exact) mass is 391 g/mol. The van der Waals surface area contributed by atoms with Gasteiger partial charge < -0.3 is 15.0 Å². The van der Waals surface area contributed by atoms with E-state index in [1.807, 2.05) is 35.2 Å². The van der Waals surface area contributed by atoms with Crippen LogP contribution in [-0.2, 0) is 11.3 Å². The van der Waals surface area contributed by atoms with Crippen LogP contribution in [0.25, 0.3) is 0 Å². The molecule has 2 aromatic rings. The second-order valence-corrected chi connectivity index (χ2v) is 8.94.